The van der Waals surface area contributed by atoms with E-state index < -0.39 is 5.60 Å². The molecule has 1 N–H and O–H groups in total. The fourth-order valence-electron chi connectivity index (χ4n) is 4.55. The van der Waals surface area contributed by atoms with E-state index in [0.717, 1.165) is 38.5 Å². The van der Waals surface area contributed by atoms with Crippen LogP contribution in [0, 0.1) is 23.2 Å². The van der Waals surface area contributed by atoms with Gasteiger partial charge in [-0.05, 0) is 70.1 Å². The van der Waals surface area contributed by atoms with Gasteiger partial charge in [0.2, 0.25) is 0 Å². The van der Waals surface area contributed by atoms with E-state index in [2.05, 4.69) is 0 Å². The minimum Gasteiger partial charge on any atom is -0.461 e. The molecule has 0 heterocycles. The average molecular weight is 266 g/mol. The van der Waals surface area contributed by atoms with Crippen LogP contribution in [-0.4, -0.2) is 22.8 Å². The Morgan fingerprint density at radius 1 is 1.26 bits per heavy atom. The monoisotopic (exact) mass is 266 g/mol. The first-order valence-corrected chi connectivity index (χ1v) is 7.76. The second kappa shape index (κ2) is 4.21. The maximum absolute atomic E-state index is 12.3. The predicted molar refractivity (Wildman–Crippen MR) is 72.5 cm³/mol. The third-order valence-electron chi connectivity index (χ3n) is 5.83. The minimum atomic E-state index is -0.445. The van der Waals surface area contributed by atoms with E-state index in [1.54, 1.807) is 0 Å². The number of ether oxygens (including phenoxy) is 1. The van der Waals surface area contributed by atoms with Crippen molar-refractivity contribution in [3.63, 3.8) is 0 Å². The predicted octanol–water partition coefficient (Wildman–Crippen LogP) is 2.91. The normalized spacial score (nSPS) is 44.4. The Labute approximate surface area is 115 Å². The maximum atomic E-state index is 12.3. The average Bonchev–Trinajstić information content (AvgIpc) is 2.31. The minimum absolute atomic E-state index is 0.0561. The van der Waals surface area contributed by atoms with E-state index >= 15 is 0 Å². The molecule has 4 rings (SSSR count). The Kier molecular flexibility index (Phi) is 2.97. The molecule has 2 atom stereocenters. The highest BCUT2D eigenvalue weighted by Crippen LogP contribution is 2.56. The van der Waals surface area contributed by atoms with Gasteiger partial charge in [-0.3, -0.25) is 4.79 Å². The lowest BCUT2D eigenvalue weighted by molar-refractivity contribution is -0.204. The maximum Gasteiger partial charge on any atom is 0.311 e. The Balaban J connectivity index is 1.72. The van der Waals surface area contributed by atoms with Crippen LogP contribution in [0.5, 0.6) is 0 Å². The summed E-state index contributed by atoms with van der Waals surface area (Å²) in [6.45, 7) is 5.94. The van der Waals surface area contributed by atoms with Gasteiger partial charge in [-0.2, -0.15) is 0 Å². The fraction of sp³-hybridized carbons (Fsp3) is 0.938. The molecule has 4 bridgehead atoms. The van der Waals surface area contributed by atoms with Crippen molar-refractivity contribution in [2.24, 2.45) is 23.2 Å². The Bertz CT molecular complexity index is 371. The smallest absolute Gasteiger partial charge is 0.311 e. The standard InChI is InChI=1S/C16H26O3/c1-4-15(2,3)14(17)19-13-11-5-10-6-12(13)9-16(18,7-10)8-11/h10-13,18H,4-9H2,1-3H3. The number of carbonyl (C=O) groups is 1. The number of esters is 1. The SMILES string of the molecule is CCC(C)(C)C(=O)OC1C2CC3CC1CC(O)(C3)C2. The van der Waals surface area contributed by atoms with Gasteiger partial charge in [0.05, 0.1) is 11.0 Å². The van der Waals surface area contributed by atoms with Crippen molar-refractivity contribution in [3.8, 4) is 0 Å². The number of rotatable bonds is 3. The van der Waals surface area contributed by atoms with Crippen molar-refractivity contribution in [1.82, 2.24) is 0 Å². The molecule has 0 aromatic carbocycles. The summed E-state index contributed by atoms with van der Waals surface area (Å²) in [5.41, 5.74) is -0.828. The molecule has 4 saturated carbocycles. The number of carbonyl (C=O) groups excluding carboxylic acids is 1. The van der Waals surface area contributed by atoms with Gasteiger partial charge in [-0.25, -0.2) is 0 Å². The van der Waals surface area contributed by atoms with Gasteiger partial charge in [0, 0.05) is 0 Å². The van der Waals surface area contributed by atoms with E-state index in [4.69, 9.17) is 4.74 Å². The lowest BCUT2D eigenvalue weighted by atomic mass is 9.53. The second-order valence-electron chi connectivity index (χ2n) is 7.80. The summed E-state index contributed by atoms with van der Waals surface area (Å²) in [5, 5.41) is 10.5. The largest absolute Gasteiger partial charge is 0.461 e. The van der Waals surface area contributed by atoms with Crippen LogP contribution >= 0.6 is 0 Å². The van der Waals surface area contributed by atoms with Gasteiger partial charge in [0.25, 0.3) is 0 Å². The van der Waals surface area contributed by atoms with Gasteiger partial charge in [0.1, 0.15) is 6.10 Å². The topological polar surface area (TPSA) is 46.5 Å². The zero-order valence-electron chi connectivity index (χ0n) is 12.3. The van der Waals surface area contributed by atoms with Crippen LogP contribution in [0.15, 0.2) is 0 Å². The molecule has 4 aliphatic carbocycles. The van der Waals surface area contributed by atoms with Crippen LogP contribution in [-0.2, 0) is 9.53 Å². The molecule has 2 unspecified atom stereocenters. The number of aliphatic hydroxyl groups is 1. The Hall–Kier alpha value is -0.570. The summed E-state index contributed by atoms with van der Waals surface area (Å²) >= 11 is 0. The Morgan fingerprint density at radius 2 is 1.84 bits per heavy atom. The molecule has 4 aliphatic rings. The van der Waals surface area contributed by atoms with E-state index in [-0.39, 0.29) is 17.5 Å². The van der Waals surface area contributed by atoms with E-state index in [9.17, 15) is 9.90 Å². The first kappa shape index (κ1) is 13.4. The molecular formula is C16H26O3. The highest BCUT2D eigenvalue weighted by molar-refractivity contribution is 5.76. The van der Waals surface area contributed by atoms with Crippen molar-refractivity contribution >= 4 is 5.97 Å². The van der Waals surface area contributed by atoms with Crippen molar-refractivity contribution in [3.05, 3.63) is 0 Å². The molecule has 0 aliphatic heterocycles. The van der Waals surface area contributed by atoms with Crippen LogP contribution < -0.4 is 0 Å². The summed E-state index contributed by atoms with van der Waals surface area (Å²) in [6.07, 6.45) is 5.80. The lowest BCUT2D eigenvalue weighted by Crippen LogP contribution is -2.58. The molecule has 0 aromatic heterocycles. The lowest BCUT2D eigenvalue weighted by Gasteiger charge is -2.57. The van der Waals surface area contributed by atoms with Gasteiger partial charge in [0.15, 0.2) is 0 Å². The first-order valence-electron chi connectivity index (χ1n) is 7.76. The quantitative estimate of drug-likeness (QED) is 0.799. The molecule has 0 radical (unpaired) electrons. The zero-order valence-corrected chi connectivity index (χ0v) is 12.3. The van der Waals surface area contributed by atoms with Gasteiger partial charge < -0.3 is 9.84 Å². The Morgan fingerprint density at radius 3 is 2.32 bits per heavy atom. The van der Waals surface area contributed by atoms with Gasteiger partial charge >= 0.3 is 5.97 Å². The van der Waals surface area contributed by atoms with E-state index in [1.807, 2.05) is 20.8 Å². The van der Waals surface area contributed by atoms with E-state index in [1.165, 1.54) is 0 Å². The van der Waals surface area contributed by atoms with Crippen molar-refractivity contribution in [2.75, 3.05) is 0 Å². The molecular weight excluding hydrogens is 240 g/mol. The summed E-state index contributed by atoms with van der Waals surface area (Å²) in [5.74, 6) is 1.40. The molecule has 19 heavy (non-hydrogen) atoms. The highest BCUT2D eigenvalue weighted by Gasteiger charge is 2.56. The highest BCUT2D eigenvalue weighted by atomic mass is 16.5. The molecule has 0 saturated heterocycles. The number of hydrogen-bond donors (Lipinski definition) is 1. The summed E-state index contributed by atoms with van der Waals surface area (Å²) in [7, 11) is 0. The van der Waals surface area contributed by atoms with Crippen LogP contribution in [0.2, 0.25) is 0 Å². The van der Waals surface area contributed by atoms with Crippen molar-refractivity contribution < 1.29 is 14.6 Å². The number of hydrogen-bond acceptors (Lipinski definition) is 3. The molecule has 4 fully saturated rings. The molecule has 0 amide bonds. The van der Waals surface area contributed by atoms with E-state index in [0.29, 0.717) is 17.8 Å². The summed E-state index contributed by atoms with van der Waals surface area (Å²) in [6, 6.07) is 0. The van der Waals surface area contributed by atoms with Gasteiger partial charge in [-0.15, -0.1) is 0 Å². The molecule has 0 aromatic rings. The first-order chi connectivity index (χ1) is 8.83. The van der Waals surface area contributed by atoms with Gasteiger partial charge in [-0.1, -0.05) is 6.92 Å². The zero-order chi connectivity index (χ0) is 13.8. The van der Waals surface area contributed by atoms with Crippen LogP contribution in [0.4, 0.5) is 0 Å². The molecule has 108 valence electrons. The van der Waals surface area contributed by atoms with Crippen LogP contribution in [0.1, 0.15) is 59.3 Å². The summed E-state index contributed by atoms with van der Waals surface area (Å²) < 4.78 is 5.88. The molecule has 3 nitrogen and oxygen atoms in total. The molecule has 3 heteroatoms. The summed E-state index contributed by atoms with van der Waals surface area (Å²) in [4.78, 5) is 12.3. The van der Waals surface area contributed by atoms with Crippen LogP contribution in [0.3, 0.4) is 0 Å². The van der Waals surface area contributed by atoms with Crippen LogP contribution in [0.25, 0.3) is 0 Å². The van der Waals surface area contributed by atoms with Crippen molar-refractivity contribution in [2.45, 2.75) is 71.0 Å². The van der Waals surface area contributed by atoms with Crippen molar-refractivity contribution in [1.29, 1.82) is 0 Å². The second-order valence-corrected chi connectivity index (χ2v) is 7.80. The molecule has 0 spiro atoms. The third kappa shape index (κ3) is 2.20. The third-order valence-corrected chi connectivity index (χ3v) is 5.83. The fourth-order valence-corrected chi connectivity index (χ4v) is 4.55.